The molecule has 0 atom stereocenters. The fraction of sp³-hybridized carbons (Fsp3) is 0. The summed E-state index contributed by atoms with van der Waals surface area (Å²) in [5.74, 6) is 0.723. The van der Waals surface area contributed by atoms with Gasteiger partial charge in [0, 0.05) is 11.1 Å². The summed E-state index contributed by atoms with van der Waals surface area (Å²) in [5.41, 5.74) is 0. The normalized spacial score (nSPS) is 11.5. The molecule has 0 bridgehead atoms. The van der Waals surface area contributed by atoms with E-state index in [1.807, 2.05) is 0 Å². The highest BCUT2D eigenvalue weighted by molar-refractivity contribution is 7.92. The van der Waals surface area contributed by atoms with Crippen molar-refractivity contribution in [1.29, 1.82) is 0 Å². The van der Waals surface area contributed by atoms with E-state index in [1.54, 1.807) is 12.1 Å². The molecule has 0 aliphatic carbocycles. The molecule has 0 fully saturated rings. The molecule has 6 nitrogen and oxygen atoms in total. The average molecular weight is 359 g/mol. The summed E-state index contributed by atoms with van der Waals surface area (Å²) in [6, 6.07) is 8.87. The molecule has 1 aromatic carbocycles. The number of benzene rings is 1. The Labute approximate surface area is 135 Å². The summed E-state index contributed by atoms with van der Waals surface area (Å²) in [6.45, 7) is 0. The molecule has 9 heteroatoms. The lowest BCUT2D eigenvalue weighted by Gasteiger charge is -2.06. The molecule has 3 rings (SSSR count). The summed E-state index contributed by atoms with van der Waals surface area (Å²) in [7, 11) is -3.94. The summed E-state index contributed by atoms with van der Waals surface area (Å²) >= 11 is 11.7. The molecular weight excluding hydrogens is 351 g/mol. The lowest BCUT2D eigenvalue weighted by Crippen LogP contribution is -2.13. The molecule has 0 radical (unpaired) electrons. The molecule has 0 aliphatic rings. The van der Waals surface area contributed by atoms with E-state index < -0.39 is 10.0 Å². The van der Waals surface area contributed by atoms with E-state index in [0.717, 1.165) is 0 Å². The van der Waals surface area contributed by atoms with Gasteiger partial charge in [0.2, 0.25) is 5.76 Å². The number of hydrogen-bond donors (Lipinski definition) is 1. The molecule has 0 unspecified atom stereocenters. The molecule has 22 heavy (non-hydrogen) atoms. The Balaban J connectivity index is 1.90. The van der Waals surface area contributed by atoms with Gasteiger partial charge in [0.15, 0.2) is 11.6 Å². The SMILES string of the molecule is O=S(=O)(Nc1cc(-c2ccco2)on1)c1cc(Cl)ccc1Cl. The van der Waals surface area contributed by atoms with Crippen molar-refractivity contribution in [2.24, 2.45) is 0 Å². The van der Waals surface area contributed by atoms with E-state index in [2.05, 4.69) is 9.88 Å². The minimum Gasteiger partial charge on any atom is -0.461 e. The topological polar surface area (TPSA) is 85.3 Å². The number of halogens is 2. The first-order valence-electron chi connectivity index (χ1n) is 5.94. The Morgan fingerprint density at radius 3 is 2.64 bits per heavy atom. The molecule has 3 aromatic rings. The number of aromatic nitrogens is 1. The molecule has 0 saturated carbocycles. The van der Waals surface area contributed by atoms with Crippen LogP contribution in [0.1, 0.15) is 0 Å². The van der Waals surface area contributed by atoms with Gasteiger partial charge in [-0.2, -0.15) is 0 Å². The van der Waals surface area contributed by atoms with Crippen LogP contribution in [0.15, 0.2) is 56.5 Å². The lowest BCUT2D eigenvalue weighted by atomic mass is 10.3. The number of hydrogen-bond acceptors (Lipinski definition) is 5. The zero-order chi connectivity index (χ0) is 15.7. The van der Waals surface area contributed by atoms with Crippen molar-refractivity contribution < 1.29 is 17.4 Å². The number of furan rings is 1. The van der Waals surface area contributed by atoms with Crippen LogP contribution in [0.3, 0.4) is 0 Å². The number of anilines is 1. The van der Waals surface area contributed by atoms with Crippen LogP contribution in [-0.4, -0.2) is 13.6 Å². The van der Waals surface area contributed by atoms with E-state index >= 15 is 0 Å². The molecule has 2 heterocycles. The van der Waals surface area contributed by atoms with E-state index in [4.69, 9.17) is 32.1 Å². The minimum absolute atomic E-state index is 0.00226. The first-order chi connectivity index (χ1) is 10.5. The Hall–Kier alpha value is -1.96. The highest BCUT2D eigenvalue weighted by Gasteiger charge is 2.21. The minimum atomic E-state index is -3.94. The highest BCUT2D eigenvalue weighted by atomic mass is 35.5. The maximum Gasteiger partial charge on any atom is 0.264 e. The van der Waals surface area contributed by atoms with E-state index in [-0.39, 0.29) is 20.8 Å². The van der Waals surface area contributed by atoms with Crippen molar-refractivity contribution in [1.82, 2.24) is 5.16 Å². The Kier molecular flexibility index (Phi) is 3.86. The summed E-state index contributed by atoms with van der Waals surface area (Å²) in [6.07, 6.45) is 1.47. The van der Waals surface area contributed by atoms with Crippen LogP contribution in [0.5, 0.6) is 0 Å². The van der Waals surface area contributed by atoms with Gasteiger partial charge in [0.05, 0.1) is 11.3 Å². The van der Waals surface area contributed by atoms with Crippen molar-refractivity contribution in [2.75, 3.05) is 4.72 Å². The first kappa shape index (κ1) is 15.0. The quantitative estimate of drug-likeness (QED) is 0.760. The molecule has 0 spiro atoms. The zero-order valence-corrected chi connectivity index (χ0v) is 13.1. The van der Waals surface area contributed by atoms with Gasteiger partial charge >= 0.3 is 0 Å². The molecule has 0 saturated heterocycles. The molecule has 0 aliphatic heterocycles. The van der Waals surface area contributed by atoms with E-state index in [1.165, 1.54) is 30.5 Å². The number of rotatable bonds is 4. The fourth-order valence-corrected chi connectivity index (χ4v) is 3.48. The van der Waals surface area contributed by atoms with Crippen LogP contribution in [0.4, 0.5) is 5.82 Å². The van der Waals surface area contributed by atoms with Crippen LogP contribution >= 0.6 is 23.2 Å². The lowest BCUT2D eigenvalue weighted by molar-refractivity contribution is 0.420. The van der Waals surface area contributed by atoms with E-state index in [9.17, 15) is 8.42 Å². The Morgan fingerprint density at radius 1 is 1.09 bits per heavy atom. The monoisotopic (exact) mass is 358 g/mol. The van der Waals surface area contributed by atoms with E-state index in [0.29, 0.717) is 11.5 Å². The first-order valence-corrected chi connectivity index (χ1v) is 8.18. The van der Waals surface area contributed by atoms with Gasteiger partial charge in [0.25, 0.3) is 10.0 Å². The second-order valence-electron chi connectivity index (χ2n) is 4.23. The molecule has 114 valence electrons. The zero-order valence-electron chi connectivity index (χ0n) is 10.8. The molecule has 0 amide bonds. The third-order valence-electron chi connectivity index (χ3n) is 2.70. The molecule has 1 N–H and O–H groups in total. The fourth-order valence-electron chi connectivity index (χ4n) is 1.73. The van der Waals surface area contributed by atoms with Crippen LogP contribution in [0.25, 0.3) is 11.5 Å². The van der Waals surface area contributed by atoms with Gasteiger partial charge in [-0.1, -0.05) is 28.4 Å². The standard InChI is InChI=1S/C13H8Cl2N2O4S/c14-8-3-4-9(15)12(6-8)22(18,19)17-13-7-11(21-16-13)10-2-1-5-20-10/h1-7H,(H,16,17). The smallest absolute Gasteiger partial charge is 0.264 e. The highest BCUT2D eigenvalue weighted by Crippen LogP contribution is 2.28. The van der Waals surface area contributed by atoms with Crippen molar-refractivity contribution in [3.8, 4) is 11.5 Å². The Bertz CT molecular complexity index is 904. The number of nitrogens with one attached hydrogen (secondary N) is 1. The van der Waals surface area contributed by atoms with Crippen LogP contribution in [0.2, 0.25) is 10.0 Å². The maximum absolute atomic E-state index is 12.3. The molecular formula is C13H8Cl2N2O4S. The van der Waals surface area contributed by atoms with Gasteiger partial charge in [-0.25, -0.2) is 8.42 Å². The number of sulfonamides is 1. The second-order valence-corrected chi connectivity index (χ2v) is 6.73. The predicted octanol–water partition coefficient (Wildman–Crippen LogP) is 4.04. The molecule has 2 aromatic heterocycles. The summed E-state index contributed by atoms with van der Waals surface area (Å²) < 4.78 is 37.0. The van der Waals surface area contributed by atoms with Gasteiger partial charge < -0.3 is 8.94 Å². The van der Waals surface area contributed by atoms with Crippen LogP contribution in [0, 0.1) is 0 Å². The van der Waals surface area contributed by atoms with Crippen molar-refractivity contribution >= 4 is 39.0 Å². The second kappa shape index (κ2) is 5.68. The van der Waals surface area contributed by atoms with Gasteiger partial charge in [-0.15, -0.1) is 0 Å². The van der Waals surface area contributed by atoms with Crippen LogP contribution < -0.4 is 4.72 Å². The van der Waals surface area contributed by atoms with Gasteiger partial charge in [0.1, 0.15) is 4.90 Å². The third-order valence-corrected chi connectivity index (χ3v) is 4.77. The maximum atomic E-state index is 12.3. The van der Waals surface area contributed by atoms with Gasteiger partial charge in [-0.05, 0) is 30.3 Å². The van der Waals surface area contributed by atoms with Crippen LogP contribution in [-0.2, 0) is 10.0 Å². The average Bonchev–Trinajstić information content (AvgIpc) is 3.11. The largest absolute Gasteiger partial charge is 0.461 e. The third kappa shape index (κ3) is 2.96. The van der Waals surface area contributed by atoms with Crippen molar-refractivity contribution in [2.45, 2.75) is 4.90 Å². The van der Waals surface area contributed by atoms with Crippen molar-refractivity contribution in [3.63, 3.8) is 0 Å². The predicted molar refractivity (Wildman–Crippen MR) is 81.5 cm³/mol. The number of nitrogens with zero attached hydrogens (tertiary/aromatic N) is 1. The summed E-state index contributed by atoms with van der Waals surface area (Å²) in [5, 5.41) is 3.93. The van der Waals surface area contributed by atoms with Crippen molar-refractivity contribution in [3.05, 3.63) is 52.7 Å². The Morgan fingerprint density at radius 2 is 1.91 bits per heavy atom. The summed E-state index contributed by atoms with van der Waals surface area (Å²) in [4.78, 5) is -0.149. The van der Waals surface area contributed by atoms with Gasteiger partial charge in [-0.3, -0.25) is 4.72 Å².